The van der Waals surface area contributed by atoms with Gasteiger partial charge in [-0.05, 0) is 56.6 Å². The zero-order valence-corrected chi connectivity index (χ0v) is 12.7. The molecule has 2 aromatic rings. The Bertz CT molecular complexity index is 560. The monoisotopic (exact) mass is 279 g/mol. The van der Waals surface area contributed by atoms with Crippen LogP contribution in [0.5, 0.6) is 0 Å². The van der Waals surface area contributed by atoms with Gasteiger partial charge >= 0.3 is 0 Å². The molecule has 1 aromatic heterocycles. The van der Waals surface area contributed by atoms with Gasteiger partial charge in [-0.1, -0.05) is 23.7 Å². The fraction of sp³-hybridized carbons (Fsp3) is 0.333. The molecule has 0 spiro atoms. The number of benzene rings is 1. The van der Waals surface area contributed by atoms with Crippen molar-refractivity contribution in [2.45, 2.75) is 26.8 Å². The molecule has 2 rings (SSSR count). The zero-order chi connectivity index (χ0) is 13.3. The van der Waals surface area contributed by atoms with Gasteiger partial charge in [0.25, 0.3) is 0 Å². The Morgan fingerprint density at radius 1 is 1.22 bits per heavy atom. The first-order valence-corrected chi connectivity index (χ1v) is 7.23. The summed E-state index contributed by atoms with van der Waals surface area (Å²) >= 11 is 8.07. The second kappa shape index (κ2) is 5.43. The standard InChI is InChI=1S/C15H18ClNS/c1-9-8-10(2)18-15(9)14(17-4)12-6-5-7-13(16)11(12)3/h5-8,14,17H,1-4H3. The van der Waals surface area contributed by atoms with Crippen molar-refractivity contribution in [3.05, 3.63) is 55.7 Å². The highest BCUT2D eigenvalue weighted by Gasteiger charge is 2.19. The van der Waals surface area contributed by atoms with E-state index in [2.05, 4.69) is 38.2 Å². The minimum absolute atomic E-state index is 0.224. The average molecular weight is 280 g/mol. The Kier molecular flexibility index (Phi) is 4.10. The second-order valence-corrected chi connectivity index (χ2v) is 6.28. The van der Waals surface area contributed by atoms with Crippen molar-refractivity contribution < 1.29 is 0 Å². The fourth-order valence-corrected chi connectivity index (χ4v) is 3.66. The normalized spacial score (nSPS) is 12.7. The molecule has 1 nitrogen and oxygen atoms in total. The van der Waals surface area contributed by atoms with Crippen LogP contribution in [0.25, 0.3) is 0 Å². The zero-order valence-electron chi connectivity index (χ0n) is 11.2. The molecule has 1 heterocycles. The van der Waals surface area contributed by atoms with Crippen molar-refractivity contribution in [3.8, 4) is 0 Å². The van der Waals surface area contributed by atoms with Crippen LogP contribution in [0.3, 0.4) is 0 Å². The van der Waals surface area contributed by atoms with Gasteiger partial charge in [0.05, 0.1) is 6.04 Å². The summed E-state index contributed by atoms with van der Waals surface area (Å²) in [5, 5.41) is 4.24. The lowest BCUT2D eigenvalue weighted by molar-refractivity contribution is 0.696. The van der Waals surface area contributed by atoms with Crippen LogP contribution in [-0.2, 0) is 0 Å². The number of rotatable bonds is 3. The van der Waals surface area contributed by atoms with E-state index in [1.165, 1.54) is 20.9 Å². The Hall–Kier alpha value is -0.830. The van der Waals surface area contributed by atoms with E-state index in [9.17, 15) is 0 Å². The van der Waals surface area contributed by atoms with Crippen molar-refractivity contribution >= 4 is 22.9 Å². The van der Waals surface area contributed by atoms with Crippen LogP contribution in [0.4, 0.5) is 0 Å². The van der Waals surface area contributed by atoms with Gasteiger partial charge in [0.1, 0.15) is 0 Å². The van der Waals surface area contributed by atoms with Gasteiger partial charge in [-0.2, -0.15) is 0 Å². The first-order valence-electron chi connectivity index (χ1n) is 6.03. The highest BCUT2D eigenvalue weighted by atomic mass is 35.5. The van der Waals surface area contributed by atoms with Gasteiger partial charge in [-0.3, -0.25) is 0 Å². The molecule has 0 bridgehead atoms. The molecule has 1 aromatic carbocycles. The predicted octanol–water partition coefficient (Wildman–Crippen LogP) is 4.64. The highest BCUT2D eigenvalue weighted by molar-refractivity contribution is 7.12. The second-order valence-electron chi connectivity index (χ2n) is 4.58. The van der Waals surface area contributed by atoms with Crippen LogP contribution in [0, 0.1) is 20.8 Å². The van der Waals surface area contributed by atoms with Gasteiger partial charge < -0.3 is 5.32 Å². The molecule has 0 saturated heterocycles. The Labute approximate surface area is 118 Å². The number of nitrogens with one attached hydrogen (secondary N) is 1. The molecule has 96 valence electrons. The average Bonchev–Trinajstić information content (AvgIpc) is 2.65. The Morgan fingerprint density at radius 3 is 2.50 bits per heavy atom. The van der Waals surface area contributed by atoms with Gasteiger partial charge in [0.15, 0.2) is 0 Å². The van der Waals surface area contributed by atoms with Gasteiger partial charge in [0, 0.05) is 14.8 Å². The number of hydrogen-bond donors (Lipinski definition) is 1. The largest absolute Gasteiger partial charge is 0.309 e. The van der Waals surface area contributed by atoms with Gasteiger partial charge in [-0.25, -0.2) is 0 Å². The van der Waals surface area contributed by atoms with E-state index >= 15 is 0 Å². The van der Waals surface area contributed by atoms with Crippen molar-refractivity contribution in [3.63, 3.8) is 0 Å². The smallest absolute Gasteiger partial charge is 0.0674 e. The topological polar surface area (TPSA) is 12.0 Å². The molecule has 1 unspecified atom stereocenters. The summed E-state index contributed by atoms with van der Waals surface area (Å²) in [5.74, 6) is 0. The number of aryl methyl sites for hydroxylation is 2. The highest BCUT2D eigenvalue weighted by Crippen LogP contribution is 2.34. The molecule has 1 atom stereocenters. The van der Waals surface area contributed by atoms with E-state index in [0.717, 1.165) is 10.6 Å². The lowest BCUT2D eigenvalue weighted by Crippen LogP contribution is -2.18. The minimum Gasteiger partial charge on any atom is -0.309 e. The third kappa shape index (κ3) is 2.46. The molecular formula is C15H18ClNS. The molecule has 0 aliphatic heterocycles. The maximum atomic E-state index is 6.22. The van der Waals surface area contributed by atoms with Crippen molar-refractivity contribution in [1.82, 2.24) is 5.32 Å². The minimum atomic E-state index is 0.224. The third-order valence-corrected chi connectivity index (χ3v) is 4.88. The molecule has 0 amide bonds. The van der Waals surface area contributed by atoms with Crippen molar-refractivity contribution in [2.24, 2.45) is 0 Å². The maximum absolute atomic E-state index is 6.22. The molecule has 0 aliphatic rings. The van der Waals surface area contributed by atoms with Crippen molar-refractivity contribution in [2.75, 3.05) is 7.05 Å². The summed E-state index contributed by atoms with van der Waals surface area (Å²) in [6.45, 7) is 6.40. The summed E-state index contributed by atoms with van der Waals surface area (Å²) in [4.78, 5) is 2.72. The Morgan fingerprint density at radius 2 is 1.94 bits per heavy atom. The summed E-state index contributed by atoms with van der Waals surface area (Å²) in [7, 11) is 2.00. The summed E-state index contributed by atoms with van der Waals surface area (Å²) < 4.78 is 0. The van der Waals surface area contributed by atoms with E-state index in [-0.39, 0.29) is 6.04 Å². The fourth-order valence-electron chi connectivity index (χ4n) is 2.31. The molecule has 3 heteroatoms. The van der Waals surface area contributed by atoms with Crippen LogP contribution in [-0.4, -0.2) is 7.05 Å². The lowest BCUT2D eigenvalue weighted by atomic mass is 9.98. The molecule has 1 N–H and O–H groups in total. The SMILES string of the molecule is CNC(c1cccc(Cl)c1C)c1sc(C)cc1C. The first-order chi connectivity index (χ1) is 8.54. The van der Waals surface area contributed by atoms with E-state index < -0.39 is 0 Å². The quantitative estimate of drug-likeness (QED) is 0.863. The Balaban J connectivity index is 2.52. The molecule has 0 saturated carbocycles. The summed E-state index contributed by atoms with van der Waals surface area (Å²) in [6.07, 6.45) is 0. The molecule has 0 fully saturated rings. The third-order valence-electron chi connectivity index (χ3n) is 3.25. The van der Waals surface area contributed by atoms with Crippen LogP contribution in [0.1, 0.15) is 32.5 Å². The number of thiophene rings is 1. The van der Waals surface area contributed by atoms with Crippen molar-refractivity contribution in [1.29, 1.82) is 0 Å². The molecule has 0 radical (unpaired) electrons. The molecular weight excluding hydrogens is 262 g/mol. The number of halogens is 1. The van der Waals surface area contributed by atoms with E-state index in [0.29, 0.717) is 0 Å². The van der Waals surface area contributed by atoms with E-state index in [1.54, 1.807) is 0 Å². The van der Waals surface area contributed by atoms with Crippen LogP contribution in [0.2, 0.25) is 5.02 Å². The van der Waals surface area contributed by atoms with Gasteiger partial charge in [0.2, 0.25) is 0 Å². The maximum Gasteiger partial charge on any atom is 0.0674 e. The molecule has 18 heavy (non-hydrogen) atoms. The van der Waals surface area contributed by atoms with E-state index in [4.69, 9.17) is 11.6 Å². The number of hydrogen-bond acceptors (Lipinski definition) is 2. The summed E-state index contributed by atoms with van der Waals surface area (Å²) in [6, 6.07) is 8.58. The van der Waals surface area contributed by atoms with Crippen LogP contribution >= 0.6 is 22.9 Å². The molecule has 0 aliphatic carbocycles. The lowest BCUT2D eigenvalue weighted by Gasteiger charge is -2.19. The van der Waals surface area contributed by atoms with Crippen LogP contribution in [0.15, 0.2) is 24.3 Å². The van der Waals surface area contributed by atoms with E-state index in [1.807, 2.05) is 30.5 Å². The van der Waals surface area contributed by atoms with Crippen LogP contribution < -0.4 is 5.32 Å². The first kappa shape index (κ1) is 13.6. The van der Waals surface area contributed by atoms with Gasteiger partial charge in [-0.15, -0.1) is 11.3 Å². The summed E-state index contributed by atoms with van der Waals surface area (Å²) in [5.41, 5.74) is 3.76. The predicted molar refractivity (Wildman–Crippen MR) is 80.9 cm³/mol.